The summed E-state index contributed by atoms with van der Waals surface area (Å²) in [6.45, 7) is 0.749. The molecule has 0 spiro atoms. The first kappa shape index (κ1) is 21.6. The second-order valence-corrected chi connectivity index (χ2v) is 10.2. The number of halogens is 1. The van der Waals surface area contributed by atoms with Crippen molar-refractivity contribution in [2.24, 2.45) is 5.41 Å². The van der Waals surface area contributed by atoms with Crippen LogP contribution < -0.4 is 10.7 Å². The number of rotatable bonds is 5. The van der Waals surface area contributed by atoms with E-state index in [0.717, 1.165) is 57.8 Å². The van der Waals surface area contributed by atoms with Gasteiger partial charge in [0.2, 0.25) is 11.8 Å². The van der Waals surface area contributed by atoms with Crippen LogP contribution in [0.1, 0.15) is 64.2 Å². The second kappa shape index (κ2) is 7.96. The average molecular weight is 447 g/mol. The van der Waals surface area contributed by atoms with Crippen LogP contribution in [0.4, 0.5) is 4.39 Å². The zero-order chi connectivity index (χ0) is 22.5. The first-order valence-electron chi connectivity index (χ1n) is 11.9. The zero-order valence-corrected chi connectivity index (χ0v) is 18.3. The molecule has 0 aromatic rings. The second-order valence-electron chi connectivity index (χ2n) is 10.2. The molecule has 32 heavy (non-hydrogen) atoms. The largest absolute Gasteiger partial charge is 0.323 e. The highest BCUT2D eigenvalue weighted by atomic mass is 19.1. The van der Waals surface area contributed by atoms with E-state index in [2.05, 4.69) is 10.7 Å². The lowest BCUT2D eigenvalue weighted by Crippen LogP contribution is -2.74. The van der Waals surface area contributed by atoms with E-state index in [-0.39, 0.29) is 48.8 Å². The van der Waals surface area contributed by atoms with E-state index in [1.54, 1.807) is 10.1 Å². The topological polar surface area (TPSA) is 109 Å². The number of amides is 3. The number of alkyl halides is 1. The van der Waals surface area contributed by atoms with Crippen LogP contribution in [0.5, 0.6) is 0 Å². The van der Waals surface area contributed by atoms with Crippen LogP contribution in [0.15, 0.2) is 0 Å². The minimum Gasteiger partial charge on any atom is -0.323 e. The Morgan fingerprint density at radius 3 is 2.56 bits per heavy atom. The van der Waals surface area contributed by atoms with Crippen molar-refractivity contribution in [1.82, 2.24) is 25.8 Å². The summed E-state index contributed by atoms with van der Waals surface area (Å²) in [6, 6.07) is 1.12. The van der Waals surface area contributed by atoms with Crippen molar-refractivity contribution >= 4 is 17.7 Å². The highest BCUT2D eigenvalue weighted by Crippen LogP contribution is 2.52. The minimum atomic E-state index is -1.13. The van der Waals surface area contributed by atoms with Gasteiger partial charge in [0.05, 0.1) is 24.6 Å². The van der Waals surface area contributed by atoms with Crippen molar-refractivity contribution < 1.29 is 18.8 Å². The monoisotopic (exact) mass is 446 g/mol. The fourth-order valence-electron chi connectivity index (χ4n) is 6.26. The van der Waals surface area contributed by atoms with E-state index in [4.69, 9.17) is 0 Å². The van der Waals surface area contributed by atoms with Crippen molar-refractivity contribution in [3.05, 3.63) is 0 Å². The molecule has 6 rings (SSSR count). The summed E-state index contributed by atoms with van der Waals surface area (Å²) in [6.07, 6.45) is 6.32. The Morgan fingerprint density at radius 1 is 1.16 bits per heavy atom. The molecule has 3 unspecified atom stereocenters. The zero-order valence-electron chi connectivity index (χ0n) is 18.3. The molecule has 0 aromatic carbocycles. The van der Waals surface area contributed by atoms with Gasteiger partial charge in [-0.05, 0) is 57.8 Å². The van der Waals surface area contributed by atoms with Gasteiger partial charge in [0.15, 0.2) is 0 Å². The van der Waals surface area contributed by atoms with E-state index in [9.17, 15) is 24.0 Å². The molecule has 4 bridgehead atoms. The molecule has 0 aromatic heterocycles. The summed E-state index contributed by atoms with van der Waals surface area (Å²) in [5.74, 6) is -0.115. The number of nitriles is 1. The fourth-order valence-corrected chi connectivity index (χ4v) is 6.26. The molecule has 3 aliphatic carbocycles. The van der Waals surface area contributed by atoms with Crippen molar-refractivity contribution in [3.8, 4) is 6.07 Å². The SMILES string of the molecule is N#CC1CC(F)CN1C(=O)CNC12CCC(C(=O)NN3C4CCCCN3C4=O)(CC1)CC2. The van der Waals surface area contributed by atoms with Gasteiger partial charge in [-0.3, -0.25) is 24.8 Å². The number of hydrogen-bond donors (Lipinski definition) is 2. The lowest BCUT2D eigenvalue weighted by molar-refractivity contribution is -0.210. The predicted octanol–water partition coefficient (Wildman–Crippen LogP) is 0.774. The van der Waals surface area contributed by atoms with Crippen LogP contribution >= 0.6 is 0 Å². The van der Waals surface area contributed by atoms with Crippen LogP contribution in [-0.4, -0.2) is 76.2 Å². The molecule has 6 fully saturated rings. The third kappa shape index (κ3) is 3.46. The molecule has 3 amide bonds. The molecule has 3 aliphatic heterocycles. The smallest absolute Gasteiger partial charge is 0.259 e. The summed E-state index contributed by atoms with van der Waals surface area (Å²) < 4.78 is 13.6. The lowest BCUT2D eigenvalue weighted by Gasteiger charge is -2.54. The number of hydrogen-bond acceptors (Lipinski definition) is 6. The van der Waals surface area contributed by atoms with Crippen LogP contribution in [0, 0.1) is 16.7 Å². The number of hydrazine groups is 2. The van der Waals surface area contributed by atoms with E-state index < -0.39 is 17.6 Å². The van der Waals surface area contributed by atoms with Gasteiger partial charge in [0.25, 0.3) is 5.91 Å². The Hall–Kier alpha value is -2.25. The Labute approximate surface area is 187 Å². The number of carbonyl (C=O) groups is 3. The average Bonchev–Trinajstić information content (AvgIpc) is 2.96. The summed E-state index contributed by atoms with van der Waals surface area (Å²) in [4.78, 5) is 39.3. The Bertz CT molecular complexity index is 819. The molecule has 9 nitrogen and oxygen atoms in total. The first-order valence-corrected chi connectivity index (χ1v) is 11.9. The summed E-state index contributed by atoms with van der Waals surface area (Å²) in [5.41, 5.74) is 2.44. The van der Waals surface area contributed by atoms with Gasteiger partial charge in [-0.1, -0.05) is 0 Å². The van der Waals surface area contributed by atoms with Gasteiger partial charge >= 0.3 is 0 Å². The van der Waals surface area contributed by atoms with Gasteiger partial charge in [-0.2, -0.15) is 5.26 Å². The quantitative estimate of drug-likeness (QED) is 0.646. The van der Waals surface area contributed by atoms with Crippen molar-refractivity contribution in [3.63, 3.8) is 0 Å². The van der Waals surface area contributed by atoms with E-state index >= 15 is 0 Å². The maximum Gasteiger partial charge on any atom is 0.259 e. The van der Waals surface area contributed by atoms with Gasteiger partial charge in [0.1, 0.15) is 18.3 Å². The number of carbonyl (C=O) groups excluding carboxylic acids is 3. The number of likely N-dealkylation sites (tertiary alicyclic amines) is 1. The highest BCUT2D eigenvalue weighted by molar-refractivity contribution is 5.89. The summed E-state index contributed by atoms with van der Waals surface area (Å²) in [7, 11) is 0. The maximum absolute atomic E-state index is 13.6. The summed E-state index contributed by atoms with van der Waals surface area (Å²) in [5, 5.41) is 16.0. The normalized spacial score (nSPS) is 38.8. The van der Waals surface area contributed by atoms with Gasteiger partial charge < -0.3 is 10.2 Å². The molecule has 0 radical (unpaired) electrons. The Balaban J connectivity index is 1.15. The van der Waals surface area contributed by atoms with E-state index in [1.165, 1.54) is 4.90 Å². The lowest BCUT2D eigenvalue weighted by atomic mass is 9.57. The van der Waals surface area contributed by atoms with Gasteiger partial charge in [-0.25, -0.2) is 4.39 Å². The third-order valence-electron chi connectivity index (χ3n) is 8.47. The summed E-state index contributed by atoms with van der Waals surface area (Å²) >= 11 is 0. The van der Waals surface area contributed by atoms with Gasteiger partial charge in [-0.15, -0.1) is 5.12 Å². The van der Waals surface area contributed by atoms with Crippen LogP contribution in [0.25, 0.3) is 0 Å². The van der Waals surface area contributed by atoms with Crippen molar-refractivity contribution in [2.75, 3.05) is 19.6 Å². The van der Waals surface area contributed by atoms with Crippen LogP contribution in [0.2, 0.25) is 0 Å². The number of nitrogens with zero attached hydrogens (tertiary/aromatic N) is 4. The molecule has 10 heteroatoms. The maximum atomic E-state index is 13.6. The molecular weight excluding hydrogens is 415 g/mol. The minimum absolute atomic E-state index is 0.00790. The molecule has 174 valence electrons. The number of fused-ring (bicyclic) bond motifs is 5. The Morgan fingerprint density at radius 2 is 1.88 bits per heavy atom. The molecule has 6 aliphatic rings. The third-order valence-corrected chi connectivity index (χ3v) is 8.47. The fraction of sp³-hybridized carbons (Fsp3) is 0.818. The highest BCUT2D eigenvalue weighted by Gasteiger charge is 2.55. The number of nitrogens with one attached hydrogen (secondary N) is 2. The predicted molar refractivity (Wildman–Crippen MR) is 111 cm³/mol. The van der Waals surface area contributed by atoms with Crippen molar-refractivity contribution in [1.29, 1.82) is 5.26 Å². The first-order chi connectivity index (χ1) is 15.4. The molecular formula is C22H31FN6O3. The van der Waals surface area contributed by atoms with Gasteiger partial charge in [0, 0.05) is 18.5 Å². The molecule has 3 saturated carbocycles. The molecule has 3 atom stereocenters. The van der Waals surface area contributed by atoms with E-state index in [1.807, 2.05) is 6.07 Å². The van der Waals surface area contributed by atoms with E-state index in [0.29, 0.717) is 6.54 Å². The molecule has 3 heterocycles. The van der Waals surface area contributed by atoms with Crippen molar-refractivity contribution in [2.45, 2.75) is 88.0 Å². The molecule has 3 saturated heterocycles. The van der Waals surface area contributed by atoms with Crippen LogP contribution in [-0.2, 0) is 14.4 Å². The molecule has 2 N–H and O–H groups in total. The van der Waals surface area contributed by atoms with Crippen LogP contribution in [0.3, 0.4) is 0 Å². The Kier molecular flexibility index (Phi) is 5.37. The standard InChI is InChI=1S/C22H31FN6O3/c23-15-11-16(12-24)27(14-15)18(30)13-25-22-7-4-21(5-8-22,6-9-22)20(32)26-29-17-3-1-2-10-28(29)19(17)31/h15-17,25H,1-11,13-14H2,(H,26,32).